The van der Waals surface area contributed by atoms with Crippen LogP contribution in [0.3, 0.4) is 0 Å². The summed E-state index contributed by atoms with van der Waals surface area (Å²) in [5.41, 5.74) is 7.17. The van der Waals surface area contributed by atoms with Crippen molar-refractivity contribution in [1.29, 1.82) is 0 Å². The number of esters is 1. The number of hydrogen-bond donors (Lipinski definition) is 2. The highest BCUT2D eigenvalue weighted by Crippen LogP contribution is 2.20. The molecule has 0 spiro atoms. The third kappa shape index (κ3) is 5.46. The molecule has 0 aliphatic rings. The van der Waals surface area contributed by atoms with Gasteiger partial charge in [0.25, 0.3) is 11.5 Å². The number of nitrogens with two attached hydrogens (primary N) is 1. The highest BCUT2D eigenvalue weighted by atomic mass is 32.1. The largest absolute Gasteiger partial charge is 0.452 e. The lowest BCUT2D eigenvalue weighted by Crippen LogP contribution is -2.44. The predicted octanol–water partition coefficient (Wildman–Crippen LogP) is 1.36. The number of thiazole rings is 1. The van der Waals surface area contributed by atoms with Crippen LogP contribution in [0.15, 0.2) is 33.3 Å². The fourth-order valence-electron chi connectivity index (χ4n) is 3.19. The van der Waals surface area contributed by atoms with Gasteiger partial charge in [0, 0.05) is 20.2 Å². The number of methoxy groups -OCH3 is 1. The van der Waals surface area contributed by atoms with Gasteiger partial charge in [-0.3, -0.25) is 24.0 Å². The lowest BCUT2D eigenvalue weighted by molar-refractivity contribution is -0.121. The molecule has 12 heteroatoms. The number of amides is 1. The van der Waals surface area contributed by atoms with Crippen LogP contribution in [0.1, 0.15) is 30.1 Å². The number of aromatic amines is 1. The Balaban J connectivity index is 1.83. The van der Waals surface area contributed by atoms with Gasteiger partial charge < -0.3 is 15.2 Å². The first-order valence-corrected chi connectivity index (χ1v) is 11.2. The van der Waals surface area contributed by atoms with E-state index in [2.05, 4.69) is 9.97 Å². The van der Waals surface area contributed by atoms with Gasteiger partial charge in [-0.1, -0.05) is 13.3 Å². The van der Waals surface area contributed by atoms with Crippen LogP contribution in [-0.2, 0) is 20.8 Å². The number of H-pyrrole nitrogens is 1. The number of anilines is 2. The Morgan fingerprint density at radius 3 is 2.82 bits per heavy atom. The molecule has 0 unspecified atom stereocenters. The van der Waals surface area contributed by atoms with E-state index in [9.17, 15) is 19.2 Å². The molecule has 1 amide bonds. The van der Waals surface area contributed by atoms with Gasteiger partial charge in [0.15, 0.2) is 12.3 Å². The van der Waals surface area contributed by atoms with Crippen molar-refractivity contribution in [3.8, 4) is 0 Å². The van der Waals surface area contributed by atoms with Crippen molar-refractivity contribution in [3.05, 3.63) is 50.1 Å². The molecule has 2 heterocycles. The number of nitrogen functional groups attached to an aromatic ring is 1. The van der Waals surface area contributed by atoms with Crippen molar-refractivity contribution in [1.82, 2.24) is 14.5 Å². The number of carbonyl (C=O) groups is 2. The normalized spacial score (nSPS) is 11.0. The molecule has 0 fully saturated rings. The molecular weight excluding hydrogens is 450 g/mol. The maximum atomic E-state index is 13.0. The summed E-state index contributed by atoms with van der Waals surface area (Å²) in [7, 11) is 1.44. The second kappa shape index (κ2) is 10.9. The quantitative estimate of drug-likeness (QED) is 0.418. The van der Waals surface area contributed by atoms with Gasteiger partial charge >= 0.3 is 11.7 Å². The first kappa shape index (κ1) is 24.1. The fourth-order valence-corrected chi connectivity index (χ4v) is 3.91. The van der Waals surface area contributed by atoms with Crippen LogP contribution in [0.25, 0.3) is 10.2 Å². The number of unbranched alkanes of at least 4 members (excludes halogenated alkanes) is 1. The van der Waals surface area contributed by atoms with Crippen LogP contribution in [0.2, 0.25) is 0 Å². The number of hydrogen-bond acceptors (Lipinski definition) is 9. The van der Waals surface area contributed by atoms with Gasteiger partial charge in [-0.15, -0.1) is 11.3 Å². The van der Waals surface area contributed by atoms with Gasteiger partial charge in [0.1, 0.15) is 5.82 Å². The lowest BCUT2D eigenvalue weighted by Gasteiger charge is -2.24. The third-order valence-corrected chi connectivity index (χ3v) is 5.72. The first-order valence-electron chi connectivity index (χ1n) is 10.3. The van der Waals surface area contributed by atoms with E-state index in [1.54, 1.807) is 23.7 Å². The van der Waals surface area contributed by atoms with E-state index in [4.69, 9.17) is 15.2 Å². The summed E-state index contributed by atoms with van der Waals surface area (Å²) in [6.45, 7) is 1.67. The summed E-state index contributed by atoms with van der Waals surface area (Å²) in [6, 6.07) is 4.88. The molecule has 0 radical (unpaired) electrons. The molecule has 11 nitrogen and oxygen atoms in total. The van der Waals surface area contributed by atoms with Crippen LogP contribution in [-0.4, -0.2) is 53.3 Å². The summed E-state index contributed by atoms with van der Waals surface area (Å²) in [6.07, 6.45) is 1.46. The monoisotopic (exact) mass is 475 g/mol. The standard InChI is InChI=1S/C21H25N5O6S/c1-3-4-7-26-18(22)17(19(28)24-21(26)30)25(8-9-31-2)16(27)11-32-20(29)13-5-6-14-15(10-13)33-12-23-14/h5-6,10,12H,3-4,7-9,11,22H2,1-2H3,(H,24,28,30). The number of aromatic nitrogens is 3. The second-order valence-electron chi connectivity index (χ2n) is 7.15. The Kier molecular flexibility index (Phi) is 7.96. The van der Waals surface area contributed by atoms with E-state index >= 15 is 0 Å². The molecule has 0 aliphatic heterocycles. The van der Waals surface area contributed by atoms with Crippen LogP contribution in [0, 0.1) is 0 Å². The van der Waals surface area contributed by atoms with Crippen LogP contribution in [0.5, 0.6) is 0 Å². The average Bonchev–Trinajstić information content (AvgIpc) is 3.27. The van der Waals surface area contributed by atoms with E-state index < -0.39 is 29.7 Å². The van der Waals surface area contributed by atoms with Gasteiger partial charge in [0.2, 0.25) is 0 Å². The number of benzene rings is 1. The first-order chi connectivity index (χ1) is 15.9. The molecule has 3 aromatic rings. The van der Waals surface area contributed by atoms with E-state index in [0.29, 0.717) is 6.42 Å². The fraction of sp³-hybridized carbons (Fsp3) is 0.381. The Hall–Kier alpha value is -3.51. The zero-order valence-corrected chi connectivity index (χ0v) is 19.1. The number of rotatable bonds is 10. The average molecular weight is 476 g/mol. The summed E-state index contributed by atoms with van der Waals surface area (Å²) < 4.78 is 12.3. The lowest BCUT2D eigenvalue weighted by atomic mass is 10.2. The van der Waals surface area contributed by atoms with Crippen molar-refractivity contribution < 1.29 is 19.1 Å². The number of carbonyl (C=O) groups excluding carboxylic acids is 2. The van der Waals surface area contributed by atoms with Gasteiger partial charge in [-0.05, 0) is 24.6 Å². The van der Waals surface area contributed by atoms with Crippen molar-refractivity contribution in [2.45, 2.75) is 26.3 Å². The highest BCUT2D eigenvalue weighted by Gasteiger charge is 2.25. The van der Waals surface area contributed by atoms with Crippen molar-refractivity contribution in [3.63, 3.8) is 0 Å². The second-order valence-corrected chi connectivity index (χ2v) is 8.03. The van der Waals surface area contributed by atoms with E-state index in [1.165, 1.54) is 23.0 Å². The summed E-state index contributed by atoms with van der Waals surface area (Å²) in [5.74, 6) is -1.51. The number of ether oxygens (including phenoxy) is 2. The number of nitrogens with zero attached hydrogens (tertiary/aromatic N) is 3. The Morgan fingerprint density at radius 1 is 1.30 bits per heavy atom. The molecule has 0 bridgehead atoms. The van der Waals surface area contributed by atoms with E-state index in [0.717, 1.165) is 21.5 Å². The van der Waals surface area contributed by atoms with Gasteiger partial charge in [0.05, 0.1) is 27.9 Å². The zero-order chi connectivity index (χ0) is 24.0. The number of fused-ring (bicyclic) bond motifs is 1. The molecule has 0 saturated carbocycles. The Bertz CT molecular complexity index is 1260. The summed E-state index contributed by atoms with van der Waals surface area (Å²) >= 11 is 1.38. The van der Waals surface area contributed by atoms with E-state index in [1.807, 2.05) is 6.92 Å². The molecule has 3 N–H and O–H groups in total. The summed E-state index contributed by atoms with van der Waals surface area (Å²) in [4.78, 5) is 57.6. The maximum absolute atomic E-state index is 13.0. The molecule has 1 aromatic carbocycles. The molecule has 0 saturated heterocycles. The smallest absolute Gasteiger partial charge is 0.338 e. The van der Waals surface area contributed by atoms with Crippen LogP contribution >= 0.6 is 11.3 Å². The molecular formula is C21H25N5O6S. The maximum Gasteiger partial charge on any atom is 0.338 e. The van der Waals surface area contributed by atoms with Crippen LogP contribution < -0.4 is 21.9 Å². The van der Waals surface area contributed by atoms with Gasteiger partial charge in [-0.25, -0.2) is 14.6 Å². The molecule has 2 aromatic heterocycles. The zero-order valence-electron chi connectivity index (χ0n) is 18.3. The molecule has 3 rings (SSSR count). The molecule has 0 atom stereocenters. The van der Waals surface area contributed by atoms with Gasteiger partial charge in [-0.2, -0.15) is 0 Å². The topological polar surface area (TPSA) is 150 Å². The van der Waals surface area contributed by atoms with Crippen molar-refractivity contribution in [2.24, 2.45) is 0 Å². The minimum atomic E-state index is -0.809. The number of nitrogens with one attached hydrogen (secondary N) is 1. The molecule has 176 valence electrons. The summed E-state index contributed by atoms with van der Waals surface area (Å²) in [5, 5.41) is 0. The molecule has 33 heavy (non-hydrogen) atoms. The third-order valence-electron chi connectivity index (χ3n) is 4.93. The van der Waals surface area contributed by atoms with Crippen molar-refractivity contribution in [2.75, 3.05) is 37.5 Å². The highest BCUT2D eigenvalue weighted by molar-refractivity contribution is 7.16. The predicted molar refractivity (Wildman–Crippen MR) is 125 cm³/mol. The Labute approximate surface area is 192 Å². The minimum absolute atomic E-state index is 0.0288. The minimum Gasteiger partial charge on any atom is -0.452 e. The van der Waals surface area contributed by atoms with Crippen molar-refractivity contribution >= 4 is 44.9 Å². The Morgan fingerprint density at radius 2 is 2.09 bits per heavy atom. The van der Waals surface area contributed by atoms with Crippen LogP contribution in [0.4, 0.5) is 11.5 Å². The molecule has 0 aliphatic carbocycles. The SMILES string of the molecule is CCCCn1c(N)c(N(CCOC)C(=O)COC(=O)c2ccc3ncsc3c2)c(=O)[nH]c1=O. The van der Waals surface area contributed by atoms with E-state index in [-0.39, 0.29) is 36.8 Å².